The van der Waals surface area contributed by atoms with Crippen molar-refractivity contribution in [3.8, 4) is 0 Å². The predicted molar refractivity (Wildman–Crippen MR) is 81.7 cm³/mol. The zero-order chi connectivity index (χ0) is 15.5. The van der Waals surface area contributed by atoms with E-state index in [1.165, 1.54) is 25.2 Å². The monoisotopic (exact) mass is 332 g/mol. The van der Waals surface area contributed by atoms with Crippen molar-refractivity contribution in [1.29, 1.82) is 0 Å². The second-order valence-corrected chi connectivity index (χ2v) is 7.70. The zero-order valence-corrected chi connectivity index (χ0v) is 13.9. The van der Waals surface area contributed by atoms with Crippen molar-refractivity contribution < 1.29 is 8.42 Å². The van der Waals surface area contributed by atoms with Crippen molar-refractivity contribution in [2.75, 3.05) is 19.6 Å². The molecule has 0 amide bonds. The van der Waals surface area contributed by atoms with E-state index in [1.54, 1.807) is 0 Å². The van der Waals surface area contributed by atoms with Crippen LogP contribution in [0, 0.1) is 5.92 Å². The number of aromatic nitrogens is 2. The molecule has 118 valence electrons. The molecule has 1 aliphatic rings. The molecule has 1 aromatic heterocycles. The van der Waals surface area contributed by atoms with Crippen molar-refractivity contribution in [2.45, 2.75) is 37.6 Å². The smallest absolute Gasteiger partial charge is 0.243 e. The molecule has 1 aromatic rings. The number of hydrogen-bond acceptors (Lipinski definition) is 5. The first-order valence-corrected chi connectivity index (χ1v) is 8.97. The summed E-state index contributed by atoms with van der Waals surface area (Å²) in [6, 6.07) is 0.204. The van der Waals surface area contributed by atoms with Gasteiger partial charge in [0.05, 0.1) is 12.4 Å². The minimum atomic E-state index is -3.60. The number of hydrogen-bond donors (Lipinski definition) is 1. The van der Waals surface area contributed by atoms with Crippen molar-refractivity contribution in [3.05, 3.63) is 17.7 Å². The van der Waals surface area contributed by atoms with Crippen LogP contribution in [0.25, 0.3) is 0 Å². The highest BCUT2D eigenvalue weighted by Gasteiger charge is 2.26. The molecule has 1 N–H and O–H groups in total. The van der Waals surface area contributed by atoms with Gasteiger partial charge in [-0.2, -0.15) is 0 Å². The number of nitrogens with one attached hydrogen (secondary N) is 1. The van der Waals surface area contributed by atoms with Crippen LogP contribution in [0.15, 0.2) is 17.3 Å². The predicted octanol–water partition coefficient (Wildman–Crippen LogP) is 1.53. The maximum Gasteiger partial charge on any atom is 0.243 e. The summed E-state index contributed by atoms with van der Waals surface area (Å²) in [7, 11) is -3.60. The molecule has 1 atom stereocenters. The Kier molecular flexibility index (Phi) is 5.54. The highest BCUT2D eigenvalue weighted by Crippen LogP contribution is 2.18. The number of likely N-dealkylation sites (tertiary alicyclic amines) is 1. The third kappa shape index (κ3) is 4.35. The van der Waals surface area contributed by atoms with E-state index in [9.17, 15) is 8.42 Å². The van der Waals surface area contributed by atoms with Crippen LogP contribution in [0.1, 0.15) is 26.7 Å². The lowest BCUT2D eigenvalue weighted by atomic mass is 10.0. The Morgan fingerprint density at radius 3 is 2.38 bits per heavy atom. The van der Waals surface area contributed by atoms with E-state index in [-0.39, 0.29) is 16.2 Å². The maximum atomic E-state index is 12.2. The van der Waals surface area contributed by atoms with Crippen LogP contribution in [0.2, 0.25) is 5.28 Å². The number of nitrogens with zero attached hydrogens (tertiary/aromatic N) is 3. The van der Waals surface area contributed by atoms with E-state index in [1.807, 2.05) is 0 Å². The Morgan fingerprint density at radius 2 is 1.86 bits per heavy atom. The van der Waals surface area contributed by atoms with Crippen molar-refractivity contribution >= 4 is 21.6 Å². The van der Waals surface area contributed by atoms with Gasteiger partial charge in [0.2, 0.25) is 15.3 Å². The lowest BCUT2D eigenvalue weighted by Gasteiger charge is -2.30. The highest BCUT2D eigenvalue weighted by molar-refractivity contribution is 7.89. The van der Waals surface area contributed by atoms with Gasteiger partial charge in [-0.1, -0.05) is 13.8 Å². The van der Waals surface area contributed by atoms with E-state index in [0.29, 0.717) is 12.5 Å². The molecular weight excluding hydrogens is 312 g/mol. The molecule has 0 radical (unpaired) electrons. The fourth-order valence-corrected chi connectivity index (χ4v) is 3.61. The topological polar surface area (TPSA) is 75.2 Å². The molecule has 0 spiro atoms. The number of sulfonamides is 1. The third-order valence-corrected chi connectivity index (χ3v) is 5.34. The van der Waals surface area contributed by atoms with Crippen molar-refractivity contribution in [3.63, 3.8) is 0 Å². The SMILES string of the molecule is CC(C)C(CNS(=O)(=O)c1cnc(Cl)nc1)N1CCCC1. The largest absolute Gasteiger partial charge is 0.299 e. The fraction of sp³-hybridized carbons (Fsp3) is 0.692. The molecule has 0 bridgehead atoms. The molecule has 8 heteroatoms. The van der Waals surface area contributed by atoms with Crippen LogP contribution in [0.4, 0.5) is 0 Å². The van der Waals surface area contributed by atoms with E-state index in [4.69, 9.17) is 11.6 Å². The van der Waals surface area contributed by atoms with Gasteiger partial charge in [0, 0.05) is 12.6 Å². The molecule has 1 unspecified atom stereocenters. The fourth-order valence-electron chi connectivity index (χ4n) is 2.58. The average Bonchev–Trinajstić information content (AvgIpc) is 2.93. The van der Waals surface area contributed by atoms with Crippen molar-refractivity contribution in [2.24, 2.45) is 5.92 Å². The lowest BCUT2D eigenvalue weighted by molar-refractivity contribution is 0.193. The Balaban J connectivity index is 2.03. The molecule has 0 aromatic carbocycles. The van der Waals surface area contributed by atoms with E-state index < -0.39 is 10.0 Å². The minimum absolute atomic E-state index is 0.0334. The van der Waals surface area contributed by atoms with E-state index in [2.05, 4.69) is 33.4 Å². The minimum Gasteiger partial charge on any atom is -0.299 e. The first-order chi connectivity index (χ1) is 9.90. The van der Waals surface area contributed by atoms with Gasteiger partial charge < -0.3 is 0 Å². The van der Waals surface area contributed by atoms with Crippen LogP contribution in [-0.4, -0.2) is 49.0 Å². The summed E-state index contributed by atoms with van der Waals surface area (Å²) in [6.45, 7) is 6.69. The summed E-state index contributed by atoms with van der Waals surface area (Å²) in [5.41, 5.74) is 0. The van der Waals surface area contributed by atoms with Crippen LogP contribution in [0.3, 0.4) is 0 Å². The van der Waals surface area contributed by atoms with Gasteiger partial charge in [-0.05, 0) is 43.5 Å². The van der Waals surface area contributed by atoms with Crippen LogP contribution >= 0.6 is 11.6 Å². The Bertz CT molecular complexity index is 556. The molecule has 1 fully saturated rings. The zero-order valence-electron chi connectivity index (χ0n) is 12.3. The normalized spacial score (nSPS) is 18.3. The molecule has 6 nitrogen and oxygen atoms in total. The van der Waals surface area contributed by atoms with Gasteiger partial charge in [0.15, 0.2) is 0 Å². The summed E-state index contributed by atoms with van der Waals surface area (Å²) in [5.74, 6) is 0.382. The maximum absolute atomic E-state index is 12.2. The molecule has 2 heterocycles. The Hall–Kier alpha value is -0.760. The van der Waals surface area contributed by atoms with Crippen LogP contribution in [-0.2, 0) is 10.0 Å². The van der Waals surface area contributed by atoms with Gasteiger partial charge in [-0.15, -0.1) is 0 Å². The first-order valence-electron chi connectivity index (χ1n) is 7.11. The standard InChI is InChI=1S/C13H21ClN4O2S/c1-10(2)12(18-5-3-4-6-18)9-17-21(19,20)11-7-15-13(14)16-8-11/h7-8,10,12,17H,3-6,9H2,1-2H3. The molecule has 0 aliphatic carbocycles. The molecule has 1 saturated heterocycles. The van der Waals surface area contributed by atoms with E-state index >= 15 is 0 Å². The molecule has 21 heavy (non-hydrogen) atoms. The second-order valence-electron chi connectivity index (χ2n) is 5.59. The van der Waals surface area contributed by atoms with Gasteiger partial charge >= 0.3 is 0 Å². The summed E-state index contributed by atoms with van der Waals surface area (Å²) in [6.07, 6.45) is 4.80. The summed E-state index contributed by atoms with van der Waals surface area (Å²) < 4.78 is 27.1. The van der Waals surface area contributed by atoms with Gasteiger partial charge in [0.25, 0.3) is 0 Å². The summed E-state index contributed by atoms with van der Waals surface area (Å²) >= 11 is 5.57. The Morgan fingerprint density at radius 1 is 1.29 bits per heavy atom. The van der Waals surface area contributed by atoms with Crippen LogP contribution in [0.5, 0.6) is 0 Å². The van der Waals surface area contributed by atoms with Gasteiger partial charge in [-0.25, -0.2) is 23.1 Å². The lowest BCUT2D eigenvalue weighted by Crippen LogP contribution is -2.45. The van der Waals surface area contributed by atoms with Gasteiger partial charge in [-0.3, -0.25) is 4.90 Å². The molecule has 1 aliphatic heterocycles. The van der Waals surface area contributed by atoms with E-state index in [0.717, 1.165) is 13.1 Å². The average molecular weight is 333 g/mol. The Labute approximate surface area is 131 Å². The van der Waals surface area contributed by atoms with Crippen molar-refractivity contribution in [1.82, 2.24) is 19.6 Å². The highest BCUT2D eigenvalue weighted by atomic mass is 35.5. The number of rotatable bonds is 6. The molecule has 0 saturated carbocycles. The van der Waals surface area contributed by atoms with Gasteiger partial charge in [0.1, 0.15) is 4.90 Å². The summed E-state index contributed by atoms with van der Waals surface area (Å²) in [4.78, 5) is 9.81. The quantitative estimate of drug-likeness (QED) is 0.799. The number of halogens is 1. The second kappa shape index (κ2) is 7.00. The third-order valence-electron chi connectivity index (χ3n) is 3.77. The first kappa shape index (κ1) is 16.6. The molecular formula is C13H21ClN4O2S. The van der Waals surface area contributed by atoms with Crippen LogP contribution < -0.4 is 4.72 Å². The summed E-state index contributed by atoms with van der Waals surface area (Å²) in [5, 5.41) is 0.0334. The molecule has 2 rings (SSSR count).